The van der Waals surface area contributed by atoms with Crippen molar-refractivity contribution in [1.82, 2.24) is 4.90 Å². The number of piperidine rings is 1. The highest BCUT2D eigenvalue weighted by Crippen LogP contribution is 2.20. The van der Waals surface area contributed by atoms with Gasteiger partial charge in [0.15, 0.2) is 0 Å². The zero-order valence-corrected chi connectivity index (χ0v) is 11.2. The smallest absolute Gasteiger partial charge is 0.321 e. The molecular weight excluding hydrogens is 245 g/mol. The highest BCUT2D eigenvalue weighted by Gasteiger charge is 2.21. The summed E-state index contributed by atoms with van der Waals surface area (Å²) in [6.07, 6.45) is 2.17. The van der Waals surface area contributed by atoms with Gasteiger partial charge in [-0.3, -0.25) is 0 Å². The molecule has 1 unspecified atom stereocenters. The van der Waals surface area contributed by atoms with Gasteiger partial charge < -0.3 is 16.0 Å². The normalized spacial score (nSPS) is 19.3. The van der Waals surface area contributed by atoms with Crippen LogP contribution in [0.15, 0.2) is 18.2 Å². The van der Waals surface area contributed by atoms with E-state index >= 15 is 0 Å². The number of nitrogens with zero attached hydrogens (tertiary/aromatic N) is 1. The first-order valence-corrected chi connectivity index (χ1v) is 6.65. The molecule has 4 nitrogen and oxygen atoms in total. The lowest BCUT2D eigenvalue weighted by molar-refractivity contribution is 0.182. The van der Waals surface area contributed by atoms with Crippen LogP contribution in [0.25, 0.3) is 0 Å². The van der Waals surface area contributed by atoms with E-state index < -0.39 is 0 Å². The third-order valence-electron chi connectivity index (χ3n) is 3.51. The van der Waals surface area contributed by atoms with Gasteiger partial charge in [-0.05, 0) is 30.9 Å². The van der Waals surface area contributed by atoms with Crippen molar-refractivity contribution < 1.29 is 9.18 Å². The summed E-state index contributed by atoms with van der Waals surface area (Å²) < 4.78 is 13.6. The van der Waals surface area contributed by atoms with Crippen LogP contribution in [-0.2, 0) is 6.54 Å². The van der Waals surface area contributed by atoms with Crippen molar-refractivity contribution in [2.45, 2.75) is 26.3 Å². The summed E-state index contributed by atoms with van der Waals surface area (Å²) in [5.41, 5.74) is 6.33. The molecular formula is C14H20FN3O. The van der Waals surface area contributed by atoms with E-state index in [9.17, 15) is 9.18 Å². The fourth-order valence-corrected chi connectivity index (χ4v) is 2.45. The molecule has 1 fully saturated rings. The molecule has 1 saturated heterocycles. The minimum Gasteiger partial charge on any atom is -0.326 e. The predicted octanol–water partition coefficient (Wildman–Crippen LogP) is 2.55. The second-order valence-corrected chi connectivity index (χ2v) is 5.09. The first-order valence-electron chi connectivity index (χ1n) is 6.65. The molecule has 19 heavy (non-hydrogen) atoms. The number of nitrogens with two attached hydrogens (primary N) is 1. The fraction of sp³-hybridized carbons (Fsp3) is 0.500. The van der Waals surface area contributed by atoms with Gasteiger partial charge in [0.05, 0.1) is 0 Å². The van der Waals surface area contributed by atoms with Crippen LogP contribution in [0.3, 0.4) is 0 Å². The highest BCUT2D eigenvalue weighted by atomic mass is 19.1. The van der Waals surface area contributed by atoms with Gasteiger partial charge in [0.2, 0.25) is 0 Å². The number of amides is 2. The van der Waals surface area contributed by atoms with Crippen molar-refractivity contribution in [3.63, 3.8) is 0 Å². The summed E-state index contributed by atoms with van der Waals surface area (Å²) in [6, 6.07) is 4.42. The molecule has 1 aliphatic heterocycles. The Kier molecular flexibility index (Phi) is 4.37. The summed E-state index contributed by atoms with van der Waals surface area (Å²) in [4.78, 5) is 13.9. The summed E-state index contributed by atoms with van der Waals surface area (Å²) in [5.74, 6) is 0.133. The number of nitrogens with one attached hydrogen (secondary N) is 1. The van der Waals surface area contributed by atoms with Gasteiger partial charge in [-0.1, -0.05) is 13.0 Å². The number of anilines is 1. The quantitative estimate of drug-likeness (QED) is 0.863. The number of hydrogen-bond acceptors (Lipinski definition) is 2. The Balaban J connectivity index is 2.08. The Morgan fingerprint density at radius 1 is 1.58 bits per heavy atom. The van der Waals surface area contributed by atoms with Gasteiger partial charge in [-0.2, -0.15) is 0 Å². The maximum absolute atomic E-state index is 13.6. The molecule has 2 rings (SSSR count). The molecule has 1 aromatic carbocycles. The van der Waals surface area contributed by atoms with E-state index in [1.54, 1.807) is 17.0 Å². The average molecular weight is 265 g/mol. The zero-order chi connectivity index (χ0) is 13.8. The minimum absolute atomic E-state index is 0.0681. The monoisotopic (exact) mass is 265 g/mol. The predicted molar refractivity (Wildman–Crippen MR) is 73.3 cm³/mol. The lowest BCUT2D eigenvalue weighted by Gasteiger charge is -2.31. The molecule has 1 heterocycles. The first kappa shape index (κ1) is 13.8. The number of likely N-dealkylation sites (tertiary alicyclic amines) is 1. The van der Waals surface area contributed by atoms with E-state index in [1.807, 2.05) is 0 Å². The highest BCUT2D eigenvalue weighted by molar-refractivity contribution is 5.90. The molecule has 1 aromatic rings. The lowest BCUT2D eigenvalue weighted by atomic mass is 10.0. The number of carbonyl (C=O) groups excluding carboxylic acids is 1. The Labute approximate surface area is 112 Å². The van der Waals surface area contributed by atoms with Crippen LogP contribution in [-0.4, -0.2) is 24.0 Å². The largest absolute Gasteiger partial charge is 0.326 e. The molecule has 0 aliphatic carbocycles. The van der Waals surface area contributed by atoms with Gasteiger partial charge in [-0.15, -0.1) is 0 Å². The molecule has 0 aromatic heterocycles. The molecule has 1 atom stereocenters. The average Bonchev–Trinajstić information content (AvgIpc) is 2.39. The van der Waals surface area contributed by atoms with Crippen molar-refractivity contribution in [3.05, 3.63) is 29.6 Å². The molecule has 0 radical (unpaired) electrons. The molecule has 2 amide bonds. The first-order chi connectivity index (χ1) is 9.11. The van der Waals surface area contributed by atoms with E-state index in [0.717, 1.165) is 25.9 Å². The zero-order valence-electron chi connectivity index (χ0n) is 11.2. The topological polar surface area (TPSA) is 58.4 Å². The standard InChI is InChI=1S/C14H20FN3O/c1-10-4-3-7-18(9-10)14(19)17-13-6-2-5-12(15)11(13)8-16/h2,5-6,10H,3-4,7-9,16H2,1H3,(H,17,19). The van der Waals surface area contributed by atoms with E-state index in [2.05, 4.69) is 12.2 Å². The second kappa shape index (κ2) is 6.02. The summed E-state index contributed by atoms with van der Waals surface area (Å²) in [6.45, 7) is 3.70. The van der Waals surface area contributed by atoms with Crippen molar-refractivity contribution in [1.29, 1.82) is 0 Å². The number of benzene rings is 1. The van der Waals surface area contributed by atoms with Crippen molar-refractivity contribution >= 4 is 11.7 Å². The van der Waals surface area contributed by atoms with Gasteiger partial charge in [0.25, 0.3) is 0 Å². The third-order valence-corrected chi connectivity index (χ3v) is 3.51. The summed E-state index contributed by atoms with van der Waals surface area (Å²) in [7, 11) is 0. The van der Waals surface area contributed by atoms with Crippen molar-refractivity contribution in [2.75, 3.05) is 18.4 Å². The van der Waals surface area contributed by atoms with Gasteiger partial charge in [0.1, 0.15) is 5.82 Å². The molecule has 1 aliphatic rings. The Hall–Kier alpha value is -1.62. The van der Waals surface area contributed by atoms with E-state index in [0.29, 0.717) is 17.2 Å². The van der Waals surface area contributed by atoms with Gasteiger partial charge in [0, 0.05) is 30.9 Å². The van der Waals surface area contributed by atoms with E-state index in [-0.39, 0.29) is 18.4 Å². The summed E-state index contributed by atoms with van der Waals surface area (Å²) in [5, 5.41) is 2.76. The van der Waals surface area contributed by atoms with Crippen LogP contribution in [0.4, 0.5) is 14.9 Å². The Bertz CT molecular complexity index is 464. The molecule has 0 bridgehead atoms. The number of halogens is 1. The third kappa shape index (κ3) is 3.23. The van der Waals surface area contributed by atoms with Crippen LogP contribution >= 0.6 is 0 Å². The van der Waals surface area contributed by atoms with Gasteiger partial charge in [-0.25, -0.2) is 9.18 Å². The number of hydrogen-bond donors (Lipinski definition) is 2. The van der Waals surface area contributed by atoms with Crippen LogP contribution in [0.1, 0.15) is 25.3 Å². The van der Waals surface area contributed by atoms with E-state index in [4.69, 9.17) is 5.73 Å². The fourth-order valence-electron chi connectivity index (χ4n) is 2.45. The van der Waals surface area contributed by atoms with Crippen LogP contribution < -0.4 is 11.1 Å². The van der Waals surface area contributed by atoms with Gasteiger partial charge >= 0.3 is 6.03 Å². The summed E-state index contributed by atoms with van der Waals surface area (Å²) >= 11 is 0. The second-order valence-electron chi connectivity index (χ2n) is 5.09. The molecule has 0 spiro atoms. The number of carbonyl (C=O) groups is 1. The number of urea groups is 1. The molecule has 3 N–H and O–H groups in total. The SMILES string of the molecule is CC1CCCN(C(=O)Nc2cccc(F)c2CN)C1. The molecule has 5 heteroatoms. The van der Waals surface area contributed by atoms with Crippen molar-refractivity contribution in [2.24, 2.45) is 11.7 Å². The van der Waals surface area contributed by atoms with E-state index in [1.165, 1.54) is 6.07 Å². The molecule has 104 valence electrons. The minimum atomic E-state index is -0.382. The van der Waals surface area contributed by atoms with Crippen LogP contribution in [0.5, 0.6) is 0 Å². The lowest BCUT2D eigenvalue weighted by Crippen LogP contribution is -2.41. The van der Waals surface area contributed by atoms with Crippen molar-refractivity contribution in [3.8, 4) is 0 Å². The number of rotatable bonds is 2. The Morgan fingerprint density at radius 2 is 2.37 bits per heavy atom. The maximum atomic E-state index is 13.6. The molecule has 0 saturated carbocycles. The maximum Gasteiger partial charge on any atom is 0.321 e. The Morgan fingerprint density at radius 3 is 3.05 bits per heavy atom. The van der Waals surface area contributed by atoms with Crippen LogP contribution in [0, 0.1) is 11.7 Å². The van der Waals surface area contributed by atoms with Crippen LogP contribution in [0.2, 0.25) is 0 Å².